The molecule has 1 fully saturated rings. The maximum Gasteiger partial charge on any atom is 0.251 e. The minimum absolute atomic E-state index is 0.00910. The van der Waals surface area contributed by atoms with Gasteiger partial charge in [0, 0.05) is 17.6 Å². The van der Waals surface area contributed by atoms with E-state index in [0.29, 0.717) is 5.56 Å². The summed E-state index contributed by atoms with van der Waals surface area (Å²) in [7, 11) is 0. The summed E-state index contributed by atoms with van der Waals surface area (Å²) in [5.74, 6) is -0.618. The average molecular weight is 250 g/mol. The molecule has 0 saturated heterocycles. The number of nitrogens with two attached hydrogens (primary N) is 1. The second-order valence-electron chi connectivity index (χ2n) is 5.05. The van der Waals surface area contributed by atoms with Crippen molar-refractivity contribution in [3.63, 3.8) is 0 Å². The lowest BCUT2D eigenvalue weighted by molar-refractivity contribution is 0.0920. The monoisotopic (exact) mass is 250 g/mol. The maximum atomic E-state index is 13.2. The van der Waals surface area contributed by atoms with Crippen LogP contribution in [0.4, 0.5) is 4.39 Å². The third kappa shape index (κ3) is 3.07. The summed E-state index contributed by atoms with van der Waals surface area (Å²) < 4.78 is 13.2. The molecule has 18 heavy (non-hydrogen) atoms. The number of aryl methyl sites for hydroxylation is 1. The normalized spacial score (nSPS) is 23.7. The van der Waals surface area contributed by atoms with Crippen LogP contribution in [0.3, 0.4) is 0 Å². The minimum Gasteiger partial charge on any atom is -0.348 e. The number of rotatable bonds is 2. The second-order valence-corrected chi connectivity index (χ2v) is 5.05. The molecule has 3 N–H and O–H groups in total. The van der Waals surface area contributed by atoms with Gasteiger partial charge in [0.05, 0.1) is 0 Å². The molecule has 1 aromatic rings. The zero-order chi connectivity index (χ0) is 13.1. The molecule has 1 amide bonds. The summed E-state index contributed by atoms with van der Waals surface area (Å²) in [5, 5.41) is 2.91. The Morgan fingerprint density at radius 3 is 2.72 bits per heavy atom. The Bertz CT molecular complexity index is 427. The van der Waals surface area contributed by atoms with Gasteiger partial charge in [-0.3, -0.25) is 4.79 Å². The van der Waals surface area contributed by atoms with Gasteiger partial charge in [-0.15, -0.1) is 0 Å². The van der Waals surface area contributed by atoms with Gasteiger partial charge in [-0.25, -0.2) is 4.39 Å². The van der Waals surface area contributed by atoms with Crippen LogP contribution >= 0.6 is 0 Å². The Morgan fingerprint density at radius 1 is 1.33 bits per heavy atom. The van der Waals surface area contributed by atoms with E-state index in [1.54, 1.807) is 13.0 Å². The molecular weight excluding hydrogens is 231 g/mol. The first-order valence-electron chi connectivity index (χ1n) is 6.40. The van der Waals surface area contributed by atoms with Crippen molar-refractivity contribution in [1.29, 1.82) is 0 Å². The third-order valence-electron chi connectivity index (χ3n) is 3.44. The minimum atomic E-state index is -0.381. The van der Waals surface area contributed by atoms with Gasteiger partial charge in [-0.1, -0.05) is 12.8 Å². The maximum absolute atomic E-state index is 13.2. The van der Waals surface area contributed by atoms with E-state index in [1.165, 1.54) is 12.1 Å². The molecule has 3 nitrogen and oxygen atoms in total. The van der Waals surface area contributed by atoms with Gasteiger partial charge in [0.15, 0.2) is 0 Å². The fraction of sp³-hybridized carbons (Fsp3) is 0.500. The van der Waals surface area contributed by atoms with Crippen LogP contribution < -0.4 is 11.1 Å². The highest BCUT2D eigenvalue weighted by Crippen LogP contribution is 2.17. The first-order chi connectivity index (χ1) is 8.56. The molecule has 1 aliphatic carbocycles. The number of carbonyl (C=O) groups is 1. The molecule has 1 aromatic carbocycles. The molecule has 0 heterocycles. The van der Waals surface area contributed by atoms with Crippen molar-refractivity contribution < 1.29 is 9.18 Å². The zero-order valence-electron chi connectivity index (χ0n) is 10.6. The van der Waals surface area contributed by atoms with Gasteiger partial charge < -0.3 is 11.1 Å². The summed E-state index contributed by atoms with van der Waals surface area (Å²) in [6.45, 7) is 1.77. The lowest BCUT2D eigenvalue weighted by Gasteiger charge is -2.29. The standard InChI is InChI=1S/C14H19FN2O/c1-9-6-10(8-11(15)7-9)14(18)17-13-5-3-2-4-12(13)16/h6-8,12-13H,2-5,16H2,1H3,(H,17,18)/t12-,13-/m1/s1. The molecule has 0 bridgehead atoms. The van der Waals surface area contributed by atoms with Crippen molar-refractivity contribution >= 4 is 5.91 Å². The van der Waals surface area contributed by atoms with E-state index in [9.17, 15) is 9.18 Å². The molecule has 0 radical (unpaired) electrons. The first-order valence-corrected chi connectivity index (χ1v) is 6.40. The lowest BCUT2D eigenvalue weighted by Crippen LogP contribution is -2.49. The largest absolute Gasteiger partial charge is 0.348 e. The van der Waals surface area contributed by atoms with E-state index >= 15 is 0 Å². The number of hydrogen-bond donors (Lipinski definition) is 2. The van der Waals surface area contributed by atoms with Crippen molar-refractivity contribution in [2.45, 2.75) is 44.7 Å². The van der Waals surface area contributed by atoms with Gasteiger partial charge in [-0.2, -0.15) is 0 Å². The Labute approximate surface area is 107 Å². The highest BCUT2D eigenvalue weighted by Gasteiger charge is 2.23. The average Bonchev–Trinajstić information content (AvgIpc) is 2.31. The van der Waals surface area contributed by atoms with Crippen LogP contribution in [0, 0.1) is 12.7 Å². The molecule has 1 saturated carbocycles. The SMILES string of the molecule is Cc1cc(F)cc(C(=O)N[C@@H]2CCCC[C@H]2N)c1. The molecule has 4 heteroatoms. The highest BCUT2D eigenvalue weighted by molar-refractivity contribution is 5.94. The van der Waals surface area contributed by atoms with Crippen molar-refractivity contribution in [1.82, 2.24) is 5.32 Å². The van der Waals surface area contributed by atoms with E-state index in [2.05, 4.69) is 5.32 Å². The number of halogens is 1. The van der Waals surface area contributed by atoms with Crippen molar-refractivity contribution in [3.8, 4) is 0 Å². The van der Waals surface area contributed by atoms with Crippen LogP contribution in [0.5, 0.6) is 0 Å². The van der Waals surface area contributed by atoms with Crippen molar-refractivity contribution in [2.24, 2.45) is 5.73 Å². The predicted molar refractivity (Wildman–Crippen MR) is 68.8 cm³/mol. The van der Waals surface area contributed by atoms with Crippen LogP contribution in [0.1, 0.15) is 41.6 Å². The smallest absolute Gasteiger partial charge is 0.251 e. The summed E-state index contributed by atoms with van der Waals surface area (Å²) in [5.41, 5.74) is 7.09. The van der Waals surface area contributed by atoms with E-state index in [-0.39, 0.29) is 23.8 Å². The number of hydrogen-bond acceptors (Lipinski definition) is 2. The molecule has 0 aliphatic heterocycles. The topological polar surface area (TPSA) is 55.1 Å². The van der Waals surface area contributed by atoms with Crippen molar-refractivity contribution in [2.75, 3.05) is 0 Å². The molecule has 1 aliphatic rings. The van der Waals surface area contributed by atoms with E-state index in [4.69, 9.17) is 5.73 Å². The second kappa shape index (κ2) is 5.48. The molecule has 0 unspecified atom stereocenters. The molecule has 0 aromatic heterocycles. The highest BCUT2D eigenvalue weighted by atomic mass is 19.1. The molecular formula is C14H19FN2O. The Kier molecular flexibility index (Phi) is 3.97. The molecule has 2 atom stereocenters. The Balaban J connectivity index is 2.06. The summed E-state index contributed by atoms with van der Waals surface area (Å²) in [6.07, 6.45) is 4.04. The molecule has 2 rings (SSSR count). The number of carbonyl (C=O) groups excluding carboxylic acids is 1. The quantitative estimate of drug-likeness (QED) is 0.845. The zero-order valence-corrected chi connectivity index (χ0v) is 10.6. The van der Waals surface area contributed by atoms with E-state index < -0.39 is 0 Å². The van der Waals surface area contributed by atoms with Gasteiger partial charge in [-0.05, 0) is 43.5 Å². The predicted octanol–water partition coefficient (Wildman–Crippen LogP) is 2.13. The summed E-state index contributed by atoms with van der Waals surface area (Å²) in [6, 6.07) is 4.37. The Hall–Kier alpha value is -1.42. The van der Waals surface area contributed by atoms with Crippen LogP contribution in [0.25, 0.3) is 0 Å². The number of amides is 1. The van der Waals surface area contributed by atoms with Crippen molar-refractivity contribution in [3.05, 3.63) is 35.1 Å². The fourth-order valence-electron chi connectivity index (χ4n) is 2.46. The van der Waals surface area contributed by atoms with E-state index in [1.807, 2.05) is 0 Å². The first kappa shape index (κ1) is 13.0. The molecule has 0 spiro atoms. The third-order valence-corrected chi connectivity index (χ3v) is 3.44. The lowest BCUT2D eigenvalue weighted by atomic mass is 9.91. The van der Waals surface area contributed by atoms with Crippen LogP contribution in [-0.2, 0) is 0 Å². The van der Waals surface area contributed by atoms with Crippen LogP contribution in [0.2, 0.25) is 0 Å². The number of benzene rings is 1. The molecule has 98 valence electrons. The summed E-state index contributed by atoms with van der Waals surface area (Å²) >= 11 is 0. The van der Waals surface area contributed by atoms with Gasteiger partial charge >= 0.3 is 0 Å². The Morgan fingerprint density at radius 2 is 2.06 bits per heavy atom. The van der Waals surface area contributed by atoms with Gasteiger partial charge in [0.2, 0.25) is 0 Å². The summed E-state index contributed by atoms with van der Waals surface area (Å²) in [4.78, 5) is 12.0. The number of nitrogens with one attached hydrogen (secondary N) is 1. The van der Waals surface area contributed by atoms with E-state index in [0.717, 1.165) is 31.2 Å². The van der Waals surface area contributed by atoms with Gasteiger partial charge in [0.25, 0.3) is 5.91 Å². The van der Waals surface area contributed by atoms with Gasteiger partial charge in [0.1, 0.15) is 5.82 Å². The van der Waals surface area contributed by atoms with Crippen LogP contribution in [-0.4, -0.2) is 18.0 Å². The fourth-order valence-corrected chi connectivity index (χ4v) is 2.46. The van der Waals surface area contributed by atoms with Crippen LogP contribution in [0.15, 0.2) is 18.2 Å².